The first kappa shape index (κ1) is 33.3. The summed E-state index contributed by atoms with van der Waals surface area (Å²) in [6.45, 7) is 5.24. The van der Waals surface area contributed by atoms with E-state index in [9.17, 15) is 31.4 Å². The molecule has 1 N–H and O–H groups in total. The van der Waals surface area contributed by atoms with Gasteiger partial charge in [-0.15, -0.1) is 5.10 Å². The van der Waals surface area contributed by atoms with Crippen LogP contribution in [0.25, 0.3) is 0 Å². The van der Waals surface area contributed by atoms with Gasteiger partial charge in [0.2, 0.25) is 0 Å². The van der Waals surface area contributed by atoms with Gasteiger partial charge in [-0.25, -0.2) is 0 Å². The molecule has 0 spiro atoms. The molecule has 1 aromatic heterocycles. The maximum atomic E-state index is 13.6. The average molecular weight is 629 g/mol. The van der Waals surface area contributed by atoms with Gasteiger partial charge in [-0.1, -0.05) is 5.10 Å². The number of ether oxygens (including phenoxy) is 1. The van der Waals surface area contributed by atoms with E-state index in [0.29, 0.717) is 24.1 Å². The van der Waals surface area contributed by atoms with Crippen LogP contribution in [0.15, 0.2) is 30.3 Å². The summed E-state index contributed by atoms with van der Waals surface area (Å²) in [5.41, 5.74) is -0.527. The molecule has 4 rings (SSSR count). The molecule has 3 aromatic rings. The molecule has 0 unspecified atom stereocenters. The minimum atomic E-state index is -4.97. The van der Waals surface area contributed by atoms with E-state index >= 15 is 0 Å². The molecule has 1 aliphatic carbocycles. The van der Waals surface area contributed by atoms with E-state index in [1.54, 1.807) is 7.11 Å². The van der Waals surface area contributed by atoms with Crippen LogP contribution in [0.5, 0.6) is 5.75 Å². The molecule has 1 fully saturated rings. The highest BCUT2D eigenvalue weighted by atomic mass is 19.4. The smallest absolute Gasteiger partial charge is 0.416 e. The predicted molar refractivity (Wildman–Crippen MR) is 153 cm³/mol. The zero-order chi connectivity index (χ0) is 32.2. The van der Waals surface area contributed by atoms with Crippen LogP contribution in [0, 0.1) is 18.8 Å². The van der Waals surface area contributed by atoms with Crippen LogP contribution >= 0.6 is 0 Å². The highest BCUT2D eigenvalue weighted by Gasteiger charge is 2.37. The van der Waals surface area contributed by atoms with Crippen LogP contribution in [-0.2, 0) is 32.5 Å². The number of aryl methyl sites for hydroxylation is 2. The number of halogens is 6. The molecule has 0 aliphatic heterocycles. The Kier molecular flexibility index (Phi) is 10.3. The molecule has 0 atom stereocenters. The summed E-state index contributed by atoms with van der Waals surface area (Å²) in [7, 11) is 3.09. The number of hydrogen-bond donors (Lipinski definition) is 1. The Morgan fingerprint density at radius 2 is 1.52 bits per heavy atom. The topological polar surface area (TPSA) is 79.5 Å². The lowest BCUT2D eigenvalue weighted by atomic mass is 9.82. The molecule has 242 valence electrons. The molecule has 0 bridgehead atoms. The average Bonchev–Trinajstić information content (AvgIpc) is 3.41. The number of benzene rings is 2. The zero-order valence-corrected chi connectivity index (χ0v) is 25.2. The van der Waals surface area contributed by atoms with Gasteiger partial charge in [-0.2, -0.15) is 31.1 Å². The van der Waals surface area contributed by atoms with Crippen molar-refractivity contribution in [2.75, 3.05) is 36.6 Å². The molecule has 44 heavy (non-hydrogen) atoms. The van der Waals surface area contributed by atoms with Crippen LogP contribution in [0.4, 0.5) is 38.0 Å². The Labute approximate surface area is 252 Å². The number of aliphatic hydroxyl groups is 1. The van der Waals surface area contributed by atoms with E-state index in [-0.39, 0.29) is 37.3 Å². The van der Waals surface area contributed by atoms with Gasteiger partial charge >= 0.3 is 12.4 Å². The van der Waals surface area contributed by atoms with Gasteiger partial charge in [-0.05, 0) is 97.5 Å². The summed E-state index contributed by atoms with van der Waals surface area (Å²) in [6, 6.07) is 5.39. The monoisotopic (exact) mass is 628 g/mol. The molecule has 1 heterocycles. The molecule has 1 saturated carbocycles. The Balaban J connectivity index is 1.73. The lowest BCUT2D eigenvalue weighted by molar-refractivity contribution is -0.143. The lowest BCUT2D eigenvalue weighted by Gasteiger charge is -2.35. The third-order valence-electron chi connectivity index (χ3n) is 8.18. The van der Waals surface area contributed by atoms with Crippen LogP contribution in [0.3, 0.4) is 0 Å². The number of aromatic nitrogens is 4. The fraction of sp³-hybridized carbons (Fsp3) is 0.567. The maximum absolute atomic E-state index is 13.6. The number of alkyl halides is 6. The van der Waals surface area contributed by atoms with E-state index in [0.717, 1.165) is 61.2 Å². The summed E-state index contributed by atoms with van der Waals surface area (Å²) in [5.74, 6) is 1.44. The van der Waals surface area contributed by atoms with Gasteiger partial charge in [0, 0.05) is 44.5 Å². The van der Waals surface area contributed by atoms with Crippen molar-refractivity contribution in [2.24, 2.45) is 18.9 Å². The molecule has 0 amide bonds. The van der Waals surface area contributed by atoms with Crippen LogP contribution < -0.4 is 14.5 Å². The predicted octanol–water partition coefficient (Wildman–Crippen LogP) is 6.40. The van der Waals surface area contributed by atoms with E-state index in [1.165, 1.54) is 16.7 Å². The van der Waals surface area contributed by atoms with Crippen molar-refractivity contribution in [1.29, 1.82) is 0 Å². The molecule has 0 saturated heterocycles. The van der Waals surface area contributed by atoms with E-state index in [4.69, 9.17) is 4.74 Å². The first-order chi connectivity index (χ1) is 20.7. The van der Waals surface area contributed by atoms with Crippen LogP contribution in [0.1, 0.15) is 60.4 Å². The standard InChI is InChI=1S/C30H38F6N6O2/c1-5-41(15-20-6-8-21(18-43)9-7-20)26-14-27(44-4)19(2)10-23(26)17-42(28-37-39-40(3)38-28)16-22-11-24(29(31,32)33)13-25(12-22)30(34,35)36/h10-14,20-21,43H,5-9,15-18H2,1-4H3/t20-,21-. The van der Waals surface area contributed by atoms with Crippen molar-refractivity contribution in [3.05, 3.63) is 58.1 Å². The summed E-state index contributed by atoms with van der Waals surface area (Å²) in [6.07, 6.45) is -6.08. The molecular formula is C30H38F6N6O2. The lowest BCUT2D eigenvalue weighted by Crippen LogP contribution is -2.33. The molecule has 8 nitrogen and oxygen atoms in total. The van der Waals surface area contributed by atoms with Gasteiger partial charge in [0.05, 0.1) is 25.3 Å². The maximum Gasteiger partial charge on any atom is 0.416 e. The Bertz CT molecular complexity index is 1370. The first-order valence-corrected chi connectivity index (χ1v) is 14.5. The molecule has 0 radical (unpaired) electrons. The Morgan fingerprint density at radius 1 is 0.909 bits per heavy atom. The number of rotatable bonds is 11. The second-order valence-corrected chi connectivity index (χ2v) is 11.4. The highest BCUT2D eigenvalue weighted by Crippen LogP contribution is 2.38. The third-order valence-corrected chi connectivity index (χ3v) is 8.18. The Hall–Kier alpha value is -3.55. The minimum Gasteiger partial charge on any atom is -0.496 e. The Morgan fingerprint density at radius 3 is 2.02 bits per heavy atom. The van der Waals surface area contributed by atoms with Crippen molar-refractivity contribution >= 4 is 11.6 Å². The van der Waals surface area contributed by atoms with Crippen LogP contribution in [0.2, 0.25) is 0 Å². The van der Waals surface area contributed by atoms with Crippen molar-refractivity contribution in [3.8, 4) is 5.75 Å². The summed E-state index contributed by atoms with van der Waals surface area (Å²) >= 11 is 0. The normalized spacial score (nSPS) is 17.5. The van der Waals surface area contributed by atoms with Crippen LogP contribution in [-0.4, -0.2) is 52.1 Å². The van der Waals surface area contributed by atoms with E-state index in [2.05, 4.69) is 20.3 Å². The fourth-order valence-corrected chi connectivity index (χ4v) is 5.82. The van der Waals surface area contributed by atoms with Gasteiger partial charge in [0.25, 0.3) is 5.95 Å². The largest absolute Gasteiger partial charge is 0.496 e. The minimum absolute atomic E-state index is 0.0586. The van der Waals surface area contributed by atoms with Gasteiger partial charge < -0.3 is 19.6 Å². The number of methoxy groups -OCH3 is 1. The van der Waals surface area contributed by atoms with E-state index in [1.807, 2.05) is 26.0 Å². The van der Waals surface area contributed by atoms with Crippen molar-refractivity contribution in [3.63, 3.8) is 0 Å². The summed E-state index contributed by atoms with van der Waals surface area (Å²) < 4.78 is 87.4. The quantitative estimate of drug-likeness (QED) is 0.247. The molecular weight excluding hydrogens is 590 g/mol. The number of anilines is 2. The summed E-state index contributed by atoms with van der Waals surface area (Å²) in [4.78, 5) is 4.92. The fourth-order valence-electron chi connectivity index (χ4n) is 5.82. The second kappa shape index (κ2) is 13.6. The van der Waals surface area contributed by atoms with Crippen molar-refractivity contribution in [1.82, 2.24) is 20.2 Å². The summed E-state index contributed by atoms with van der Waals surface area (Å²) in [5, 5.41) is 21.6. The van der Waals surface area contributed by atoms with Gasteiger partial charge in [-0.3, -0.25) is 0 Å². The number of tetrazole rings is 1. The molecule has 14 heteroatoms. The van der Waals surface area contributed by atoms with E-state index < -0.39 is 23.5 Å². The van der Waals surface area contributed by atoms with Crippen molar-refractivity contribution in [2.45, 2.75) is 65.0 Å². The highest BCUT2D eigenvalue weighted by molar-refractivity contribution is 5.61. The number of hydrogen-bond acceptors (Lipinski definition) is 7. The first-order valence-electron chi connectivity index (χ1n) is 14.5. The molecule has 2 aromatic carbocycles. The SMILES string of the molecule is CCN(C[C@H]1CC[C@H](CO)CC1)c1cc(OC)c(C)cc1CN(Cc1cc(C(F)(F)F)cc(C(F)(F)F)c1)c1nnn(C)n1. The van der Waals surface area contributed by atoms with Crippen molar-refractivity contribution < 1.29 is 36.2 Å². The number of aliphatic hydroxyl groups excluding tert-OH is 1. The molecule has 1 aliphatic rings. The zero-order valence-electron chi connectivity index (χ0n) is 25.2. The third kappa shape index (κ3) is 8.13. The van der Waals surface area contributed by atoms with Gasteiger partial charge in [0.1, 0.15) is 5.75 Å². The number of nitrogens with zero attached hydrogens (tertiary/aromatic N) is 6. The van der Waals surface area contributed by atoms with Gasteiger partial charge in [0.15, 0.2) is 0 Å². The second-order valence-electron chi connectivity index (χ2n) is 11.4.